The van der Waals surface area contributed by atoms with Crippen molar-refractivity contribution in [3.8, 4) is 0 Å². The van der Waals surface area contributed by atoms with Crippen molar-refractivity contribution in [2.45, 2.75) is 25.2 Å². The molecule has 8 heteroatoms. The molecule has 5 nitrogen and oxygen atoms in total. The van der Waals surface area contributed by atoms with Gasteiger partial charge in [-0.1, -0.05) is 35.5 Å². The summed E-state index contributed by atoms with van der Waals surface area (Å²) in [6.07, 6.45) is 0. The number of benzene rings is 2. The van der Waals surface area contributed by atoms with Crippen LogP contribution in [0.1, 0.15) is 12.5 Å². The lowest BCUT2D eigenvalue weighted by molar-refractivity contribution is -0.128. The van der Waals surface area contributed by atoms with E-state index in [1.54, 1.807) is 18.1 Å². The Balaban J connectivity index is 1.73. The van der Waals surface area contributed by atoms with Crippen LogP contribution in [0.4, 0.5) is 4.39 Å². The van der Waals surface area contributed by atoms with Gasteiger partial charge in [-0.3, -0.25) is 4.79 Å². The number of fused-ring (bicyclic) bond motifs is 1. The minimum absolute atomic E-state index is 0.0230. The van der Waals surface area contributed by atoms with E-state index in [-0.39, 0.29) is 17.5 Å². The second kappa shape index (κ2) is 10.1. The van der Waals surface area contributed by atoms with E-state index >= 15 is 0 Å². The maximum Gasteiger partial charge on any atom is 0.233 e. The van der Waals surface area contributed by atoms with Gasteiger partial charge in [0, 0.05) is 31.8 Å². The molecule has 0 spiro atoms. The van der Waals surface area contributed by atoms with E-state index in [2.05, 4.69) is 4.98 Å². The number of hydrogen-bond acceptors (Lipinski definition) is 4. The van der Waals surface area contributed by atoms with Crippen molar-refractivity contribution in [2.75, 3.05) is 26.0 Å². The van der Waals surface area contributed by atoms with Gasteiger partial charge in [-0.2, -0.15) is 0 Å². The summed E-state index contributed by atoms with van der Waals surface area (Å²) in [6.45, 7) is 4.01. The molecule has 0 radical (unpaired) electrons. The predicted octanol–water partition coefficient (Wildman–Crippen LogP) is 4.62. The Morgan fingerprint density at radius 1 is 1.31 bits per heavy atom. The first-order valence-electron chi connectivity index (χ1n) is 9.31. The zero-order valence-electron chi connectivity index (χ0n) is 16.4. The highest BCUT2D eigenvalue weighted by Gasteiger charge is 2.17. The van der Waals surface area contributed by atoms with Gasteiger partial charge in [-0.25, -0.2) is 9.37 Å². The molecule has 0 atom stereocenters. The average molecular weight is 436 g/mol. The number of imidazole rings is 1. The predicted molar refractivity (Wildman–Crippen MR) is 115 cm³/mol. The lowest BCUT2D eigenvalue weighted by Gasteiger charge is -2.21. The second-order valence-corrected chi connectivity index (χ2v) is 7.88. The maximum atomic E-state index is 13.4. The molecule has 0 saturated heterocycles. The van der Waals surface area contributed by atoms with Crippen molar-refractivity contribution in [2.24, 2.45) is 0 Å². The fraction of sp³-hybridized carbons (Fsp3) is 0.333. The zero-order chi connectivity index (χ0) is 20.8. The molecule has 0 aliphatic carbocycles. The highest BCUT2D eigenvalue weighted by Crippen LogP contribution is 2.26. The molecule has 0 fully saturated rings. The molecule has 1 amide bonds. The summed E-state index contributed by atoms with van der Waals surface area (Å²) in [5, 5.41) is 1.36. The first-order valence-corrected chi connectivity index (χ1v) is 10.7. The first-order chi connectivity index (χ1) is 14.0. The number of carbonyl (C=O) groups excluding carboxylic acids is 1. The number of methoxy groups -OCH3 is 1. The van der Waals surface area contributed by atoms with Crippen LogP contribution >= 0.6 is 23.4 Å². The summed E-state index contributed by atoms with van der Waals surface area (Å²) in [4.78, 5) is 19.1. The van der Waals surface area contributed by atoms with Gasteiger partial charge in [-0.15, -0.1) is 0 Å². The topological polar surface area (TPSA) is 47.4 Å². The highest BCUT2D eigenvalue weighted by molar-refractivity contribution is 7.99. The number of carbonyl (C=O) groups is 1. The van der Waals surface area contributed by atoms with Gasteiger partial charge in [0.05, 0.1) is 23.4 Å². The number of halogens is 2. The normalized spacial score (nSPS) is 11.2. The summed E-state index contributed by atoms with van der Waals surface area (Å²) < 4.78 is 20.7. The Kier molecular flexibility index (Phi) is 7.52. The van der Waals surface area contributed by atoms with Gasteiger partial charge in [0.1, 0.15) is 5.82 Å². The van der Waals surface area contributed by atoms with Crippen LogP contribution < -0.4 is 0 Å². The zero-order valence-corrected chi connectivity index (χ0v) is 18.0. The molecule has 2 aromatic carbocycles. The lowest BCUT2D eigenvalue weighted by atomic mass is 10.2. The Hall–Kier alpha value is -2.09. The molecule has 0 bridgehead atoms. The SMILES string of the molecule is CCN(Cc1cccc(F)c1)C(=O)CSc1nc2cc(Cl)ccc2n1CCOC. The van der Waals surface area contributed by atoms with Gasteiger partial charge in [-0.05, 0) is 42.8 Å². The van der Waals surface area contributed by atoms with Crippen LogP contribution in [-0.2, 0) is 22.6 Å². The van der Waals surface area contributed by atoms with E-state index in [1.165, 1.54) is 23.9 Å². The van der Waals surface area contributed by atoms with Crippen LogP contribution in [0.25, 0.3) is 11.0 Å². The number of rotatable bonds is 9. The second-order valence-electron chi connectivity index (χ2n) is 6.50. The monoisotopic (exact) mass is 435 g/mol. The minimum Gasteiger partial charge on any atom is -0.383 e. The molecule has 3 aromatic rings. The standard InChI is InChI=1S/C21H23ClFN3O2S/c1-3-25(13-15-5-4-6-17(23)11-15)20(27)14-29-21-24-18-12-16(22)7-8-19(18)26(21)9-10-28-2/h4-8,11-12H,3,9-10,13-14H2,1-2H3. The number of amides is 1. The molecule has 0 aliphatic rings. The molecule has 0 unspecified atom stereocenters. The van der Waals surface area contributed by atoms with Gasteiger partial charge in [0.2, 0.25) is 5.91 Å². The molecule has 0 saturated carbocycles. The fourth-order valence-electron chi connectivity index (χ4n) is 3.04. The van der Waals surface area contributed by atoms with Gasteiger partial charge >= 0.3 is 0 Å². The largest absolute Gasteiger partial charge is 0.383 e. The van der Waals surface area contributed by atoms with E-state index < -0.39 is 0 Å². The summed E-state index contributed by atoms with van der Waals surface area (Å²) in [5.41, 5.74) is 2.51. The third-order valence-electron chi connectivity index (χ3n) is 4.52. The third-order valence-corrected chi connectivity index (χ3v) is 5.71. The number of nitrogens with zero attached hydrogens (tertiary/aromatic N) is 3. The fourth-order valence-corrected chi connectivity index (χ4v) is 4.15. The van der Waals surface area contributed by atoms with E-state index in [0.717, 1.165) is 21.8 Å². The molecule has 0 aliphatic heterocycles. The van der Waals surface area contributed by atoms with Crippen molar-refractivity contribution >= 4 is 40.3 Å². The number of hydrogen-bond donors (Lipinski definition) is 0. The van der Waals surface area contributed by atoms with Crippen LogP contribution in [-0.4, -0.2) is 46.4 Å². The quantitative estimate of drug-likeness (QED) is 0.460. The van der Waals surface area contributed by atoms with Crippen molar-refractivity contribution in [3.63, 3.8) is 0 Å². The van der Waals surface area contributed by atoms with Gasteiger partial charge < -0.3 is 14.2 Å². The minimum atomic E-state index is -0.300. The van der Waals surface area contributed by atoms with Crippen LogP contribution in [0.15, 0.2) is 47.6 Å². The maximum absolute atomic E-state index is 13.4. The van der Waals surface area contributed by atoms with E-state index in [0.29, 0.717) is 31.3 Å². The first kappa shape index (κ1) is 21.6. The van der Waals surface area contributed by atoms with Crippen molar-refractivity contribution in [1.29, 1.82) is 0 Å². The van der Waals surface area contributed by atoms with E-state index in [1.807, 2.05) is 35.8 Å². The van der Waals surface area contributed by atoms with Gasteiger partial charge in [0.25, 0.3) is 0 Å². The third kappa shape index (κ3) is 5.50. The molecular weight excluding hydrogens is 413 g/mol. The Morgan fingerprint density at radius 3 is 2.86 bits per heavy atom. The Labute approximate surface area is 178 Å². The van der Waals surface area contributed by atoms with Gasteiger partial charge in [0.15, 0.2) is 5.16 Å². The van der Waals surface area contributed by atoms with Crippen molar-refractivity contribution < 1.29 is 13.9 Å². The Morgan fingerprint density at radius 2 is 2.14 bits per heavy atom. The smallest absolute Gasteiger partial charge is 0.233 e. The summed E-state index contributed by atoms with van der Waals surface area (Å²) >= 11 is 7.47. The van der Waals surface area contributed by atoms with E-state index in [4.69, 9.17) is 16.3 Å². The molecule has 1 heterocycles. The lowest BCUT2D eigenvalue weighted by Crippen LogP contribution is -2.31. The molecular formula is C21H23ClFN3O2S. The summed E-state index contributed by atoms with van der Waals surface area (Å²) in [7, 11) is 1.65. The van der Waals surface area contributed by atoms with Crippen LogP contribution in [0, 0.1) is 5.82 Å². The number of aromatic nitrogens is 2. The summed E-state index contributed by atoms with van der Waals surface area (Å²) in [5.74, 6) is -0.0799. The molecule has 3 rings (SSSR count). The Bertz CT molecular complexity index is 995. The van der Waals surface area contributed by atoms with Crippen molar-refractivity contribution in [1.82, 2.24) is 14.5 Å². The van der Waals surface area contributed by atoms with Crippen molar-refractivity contribution in [3.05, 3.63) is 58.9 Å². The van der Waals surface area contributed by atoms with Crippen LogP contribution in [0.3, 0.4) is 0 Å². The number of thioether (sulfide) groups is 1. The summed E-state index contributed by atoms with van der Waals surface area (Å²) in [6, 6.07) is 11.9. The van der Waals surface area contributed by atoms with Crippen LogP contribution in [0.5, 0.6) is 0 Å². The number of ether oxygens (including phenoxy) is 1. The average Bonchev–Trinajstić information content (AvgIpc) is 3.05. The molecule has 154 valence electrons. The molecule has 0 N–H and O–H groups in total. The van der Waals surface area contributed by atoms with Crippen LogP contribution in [0.2, 0.25) is 5.02 Å². The highest BCUT2D eigenvalue weighted by atomic mass is 35.5. The molecule has 1 aromatic heterocycles. The van der Waals surface area contributed by atoms with E-state index in [9.17, 15) is 9.18 Å². The molecule has 29 heavy (non-hydrogen) atoms.